The Morgan fingerprint density at radius 2 is 1.15 bits per heavy atom. The molecule has 12 heteroatoms. The fourth-order valence-corrected chi connectivity index (χ4v) is 9.60. The minimum atomic E-state index is -2.13. The van der Waals surface area contributed by atoms with Crippen LogP contribution in [0.4, 0.5) is 0 Å². The van der Waals surface area contributed by atoms with Gasteiger partial charge in [0.15, 0.2) is 0 Å². The monoisotopic (exact) mass is 844 g/mol. The highest BCUT2D eigenvalue weighted by atomic mass is 31.2. The van der Waals surface area contributed by atoms with Crippen molar-refractivity contribution >= 4 is 8.60 Å². The molecule has 0 aliphatic carbocycles. The van der Waals surface area contributed by atoms with E-state index in [0.29, 0.717) is 28.6 Å². The molecule has 0 bridgehead atoms. The number of benzene rings is 5. The minimum Gasteiger partial charge on any atom is -0.497 e. The lowest BCUT2D eigenvalue weighted by Gasteiger charge is -2.37. The average molecular weight is 845 g/mol. The number of methoxy groups -OCH3 is 2. The Balaban J connectivity index is 1.33. The van der Waals surface area contributed by atoms with Gasteiger partial charge in [0.2, 0.25) is 0 Å². The van der Waals surface area contributed by atoms with E-state index in [2.05, 4.69) is 29.2 Å². The highest BCUT2D eigenvalue weighted by molar-refractivity contribution is 7.42. The van der Waals surface area contributed by atoms with E-state index in [-0.39, 0.29) is 13.0 Å². The molecule has 1 aliphatic heterocycles. The molecule has 0 radical (unpaired) electrons. The Morgan fingerprint density at radius 3 is 1.62 bits per heavy atom. The van der Waals surface area contributed by atoms with Crippen molar-refractivity contribution in [2.75, 3.05) is 20.8 Å². The molecule has 0 saturated carbocycles. The van der Waals surface area contributed by atoms with Gasteiger partial charge >= 0.3 is 14.3 Å². The number of aromatic nitrogens is 2. The molecule has 0 spiro atoms. The number of rotatable bonds is 15. The van der Waals surface area contributed by atoms with E-state index in [1.807, 2.05) is 120 Å². The summed E-state index contributed by atoms with van der Waals surface area (Å²) in [4.78, 5) is 28.3. The predicted molar refractivity (Wildman–Crippen MR) is 237 cm³/mol. The maximum absolute atomic E-state index is 13.4. The van der Waals surface area contributed by atoms with Crippen molar-refractivity contribution in [3.8, 4) is 23.0 Å². The summed E-state index contributed by atoms with van der Waals surface area (Å²) in [5.74, 6) is 2.72. The summed E-state index contributed by atoms with van der Waals surface area (Å²) in [5, 5.41) is 0. The Kier molecular flexibility index (Phi) is 13.2. The van der Waals surface area contributed by atoms with Gasteiger partial charge in [0.1, 0.15) is 47.0 Å². The first kappa shape index (κ1) is 43.4. The van der Waals surface area contributed by atoms with Crippen LogP contribution in [-0.2, 0) is 19.6 Å². The van der Waals surface area contributed by atoms with Gasteiger partial charge in [-0.25, -0.2) is 4.79 Å². The zero-order valence-electron chi connectivity index (χ0n) is 36.1. The number of nitrogens with zero attached hydrogens (tertiary/aromatic N) is 1. The van der Waals surface area contributed by atoms with Gasteiger partial charge in [-0.05, 0) is 112 Å². The van der Waals surface area contributed by atoms with Crippen molar-refractivity contribution in [2.45, 2.75) is 78.9 Å². The summed E-state index contributed by atoms with van der Waals surface area (Å²) >= 11 is 0. The van der Waals surface area contributed by atoms with Crippen molar-refractivity contribution in [3.05, 3.63) is 186 Å². The lowest BCUT2D eigenvalue weighted by molar-refractivity contribution is -0.0921. The number of aromatic amines is 1. The van der Waals surface area contributed by atoms with Crippen LogP contribution in [0, 0.1) is 48.5 Å². The van der Waals surface area contributed by atoms with E-state index < -0.39 is 43.9 Å². The van der Waals surface area contributed by atoms with E-state index in [1.165, 1.54) is 10.8 Å². The van der Waals surface area contributed by atoms with Crippen LogP contribution in [0.2, 0.25) is 0 Å². The normalized spacial score (nSPS) is 16.5. The summed E-state index contributed by atoms with van der Waals surface area (Å²) in [6.07, 6.45) is -0.569. The molecular weight excluding hydrogens is 792 g/mol. The molecule has 1 N–H and O–H groups in total. The lowest BCUT2D eigenvalue weighted by atomic mass is 9.80. The molecule has 2 heterocycles. The third-order valence-electron chi connectivity index (χ3n) is 11.0. The Hall–Kier alpha value is -5.71. The van der Waals surface area contributed by atoms with E-state index in [4.69, 9.17) is 32.5 Å². The van der Waals surface area contributed by atoms with Crippen LogP contribution in [0.15, 0.2) is 119 Å². The largest absolute Gasteiger partial charge is 0.497 e. The van der Waals surface area contributed by atoms with Crippen LogP contribution in [-0.4, -0.2) is 42.6 Å². The van der Waals surface area contributed by atoms with Crippen molar-refractivity contribution < 1.29 is 32.5 Å². The first-order chi connectivity index (χ1) is 29.3. The van der Waals surface area contributed by atoms with Crippen molar-refractivity contribution in [3.63, 3.8) is 0 Å². The van der Waals surface area contributed by atoms with E-state index in [9.17, 15) is 9.59 Å². The van der Waals surface area contributed by atoms with Crippen LogP contribution >= 0.6 is 8.60 Å². The van der Waals surface area contributed by atoms with Gasteiger partial charge in [0, 0.05) is 18.2 Å². The number of ether oxygens (including phenoxy) is 4. The van der Waals surface area contributed by atoms with Crippen LogP contribution in [0.3, 0.4) is 0 Å². The number of nitrogens with one attached hydrogen (secondary N) is 1. The molecule has 6 aromatic rings. The van der Waals surface area contributed by atoms with Gasteiger partial charge in [0.25, 0.3) is 5.56 Å². The van der Waals surface area contributed by atoms with Gasteiger partial charge in [-0.3, -0.25) is 18.9 Å². The average Bonchev–Trinajstić information content (AvgIpc) is 3.64. The second-order valence-corrected chi connectivity index (χ2v) is 16.7. The predicted octanol–water partition coefficient (Wildman–Crippen LogP) is 9.78. The van der Waals surface area contributed by atoms with Crippen LogP contribution in [0.25, 0.3) is 0 Å². The van der Waals surface area contributed by atoms with Gasteiger partial charge in [-0.1, -0.05) is 90.0 Å². The van der Waals surface area contributed by atoms with Crippen LogP contribution in [0.1, 0.15) is 68.3 Å². The molecule has 11 nitrogen and oxygen atoms in total. The summed E-state index contributed by atoms with van der Waals surface area (Å²) < 4.78 is 47.1. The number of H-pyrrole nitrogens is 1. The Labute approximate surface area is 358 Å². The topological polar surface area (TPSA) is 119 Å². The molecule has 3 atom stereocenters. The molecule has 5 aromatic carbocycles. The SMILES string of the molecule is COc1ccc(C(OC[C@H]2O[C@@H](n3cc(C)c(=O)[nH]c3=O)C[C@@H]2OP(Oc2c(C)cc(C)cc2C)Oc2c(C)cc(C)cc2C)(c2ccccc2)c2ccc(OC)cc2)cc1. The van der Waals surface area contributed by atoms with E-state index >= 15 is 0 Å². The fourth-order valence-electron chi connectivity index (χ4n) is 8.16. The van der Waals surface area contributed by atoms with Crippen LogP contribution in [0.5, 0.6) is 23.0 Å². The van der Waals surface area contributed by atoms with E-state index in [1.54, 1.807) is 21.1 Å². The quantitative estimate of drug-likeness (QED) is 0.0796. The third-order valence-corrected chi connectivity index (χ3v) is 12.1. The standard InChI is InChI=1S/C49H53N2O9P/c1-30-23-32(3)45(33(4)24-30)59-61(60-46-34(5)25-31(2)26-35(46)6)58-42-27-44(51-28-36(7)47(52)50-48(51)53)57-43(42)29-56-49(37-13-11-10-12-14-37,38-15-19-40(54-8)20-16-38)39-17-21-41(55-9)22-18-39/h10-26,28,42-44H,27,29H2,1-9H3,(H,50,52,53)/t42-,43+,44+/m0/s1. The number of aryl methyl sites for hydroxylation is 7. The summed E-state index contributed by atoms with van der Waals surface area (Å²) in [5.41, 5.74) is 6.69. The zero-order chi connectivity index (χ0) is 43.4. The first-order valence-corrected chi connectivity index (χ1v) is 21.3. The van der Waals surface area contributed by atoms with Gasteiger partial charge in [-0.15, -0.1) is 0 Å². The number of hydrogen-bond donors (Lipinski definition) is 1. The Bertz CT molecular complexity index is 2440. The highest BCUT2D eigenvalue weighted by Crippen LogP contribution is 2.50. The summed E-state index contributed by atoms with van der Waals surface area (Å²) in [7, 11) is 1.13. The molecule has 318 valence electrons. The number of hydrogen-bond acceptors (Lipinski definition) is 9. The molecule has 61 heavy (non-hydrogen) atoms. The zero-order valence-corrected chi connectivity index (χ0v) is 37.0. The maximum atomic E-state index is 13.4. The lowest BCUT2D eigenvalue weighted by Crippen LogP contribution is -2.38. The third kappa shape index (κ3) is 9.31. The maximum Gasteiger partial charge on any atom is 0.463 e. The highest BCUT2D eigenvalue weighted by Gasteiger charge is 2.45. The van der Waals surface area contributed by atoms with Crippen molar-refractivity contribution in [1.82, 2.24) is 9.55 Å². The molecule has 1 aromatic heterocycles. The molecule has 0 unspecified atom stereocenters. The fraction of sp³-hybridized carbons (Fsp3) is 0.306. The summed E-state index contributed by atoms with van der Waals surface area (Å²) in [6.45, 7) is 13.8. The van der Waals surface area contributed by atoms with Crippen molar-refractivity contribution in [2.24, 2.45) is 0 Å². The van der Waals surface area contributed by atoms with Gasteiger partial charge < -0.3 is 28.0 Å². The van der Waals surface area contributed by atoms with Crippen LogP contribution < -0.4 is 29.8 Å². The molecule has 1 aliphatic rings. The van der Waals surface area contributed by atoms with Gasteiger partial charge in [0.05, 0.1) is 20.8 Å². The first-order valence-electron chi connectivity index (χ1n) is 20.2. The second kappa shape index (κ2) is 18.5. The molecule has 1 saturated heterocycles. The smallest absolute Gasteiger partial charge is 0.463 e. The molecule has 7 rings (SSSR count). The molecule has 0 amide bonds. The molecular formula is C49H53N2O9P. The summed E-state index contributed by atoms with van der Waals surface area (Å²) in [6, 6.07) is 33.8. The van der Waals surface area contributed by atoms with Gasteiger partial charge in [-0.2, -0.15) is 0 Å². The van der Waals surface area contributed by atoms with Crippen molar-refractivity contribution in [1.29, 1.82) is 0 Å². The Morgan fingerprint density at radius 1 is 0.672 bits per heavy atom. The molecule has 1 fully saturated rings. The minimum absolute atomic E-state index is 0.000443. The van der Waals surface area contributed by atoms with E-state index in [0.717, 1.165) is 50.1 Å². The second-order valence-electron chi connectivity index (χ2n) is 15.7.